The molecule has 0 amide bonds. The number of rotatable bonds is 2. The molecule has 0 bridgehead atoms. The van der Waals surface area contributed by atoms with E-state index in [0.29, 0.717) is 17.8 Å². The van der Waals surface area contributed by atoms with Gasteiger partial charge in [-0.3, -0.25) is 4.68 Å². The van der Waals surface area contributed by atoms with Crippen LogP contribution >= 0.6 is 0 Å². The molecule has 0 spiro atoms. The highest BCUT2D eigenvalue weighted by Gasteiger charge is 2.09. The number of hydrogen-bond donors (Lipinski definition) is 1. The molecule has 0 radical (unpaired) electrons. The molecule has 78 valence electrons. The SMILES string of the molecule is CCn1nccc1-c1cc(N)ccc1F. The molecule has 1 heterocycles. The smallest absolute Gasteiger partial charge is 0.132 e. The molecule has 3 nitrogen and oxygen atoms in total. The van der Waals surface area contributed by atoms with E-state index in [2.05, 4.69) is 5.10 Å². The number of nitrogen functional groups attached to an aromatic ring is 1. The van der Waals surface area contributed by atoms with Crippen molar-refractivity contribution in [2.75, 3.05) is 5.73 Å². The zero-order valence-corrected chi connectivity index (χ0v) is 8.44. The first-order valence-corrected chi connectivity index (χ1v) is 4.79. The quantitative estimate of drug-likeness (QED) is 0.764. The number of benzene rings is 1. The van der Waals surface area contributed by atoms with Gasteiger partial charge < -0.3 is 5.73 Å². The van der Waals surface area contributed by atoms with Crippen molar-refractivity contribution in [3.63, 3.8) is 0 Å². The van der Waals surface area contributed by atoms with Crippen LogP contribution in [0.5, 0.6) is 0 Å². The van der Waals surface area contributed by atoms with Gasteiger partial charge in [-0.25, -0.2) is 4.39 Å². The summed E-state index contributed by atoms with van der Waals surface area (Å²) in [4.78, 5) is 0. The average Bonchev–Trinajstić information content (AvgIpc) is 2.69. The van der Waals surface area contributed by atoms with Crippen LogP contribution in [0.3, 0.4) is 0 Å². The number of hydrogen-bond acceptors (Lipinski definition) is 2. The van der Waals surface area contributed by atoms with E-state index in [0.717, 1.165) is 5.69 Å². The normalized spacial score (nSPS) is 10.5. The van der Waals surface area contributed by atoms with Crippen molar-refractivity contribution in [1.82, 2.24) is 9.78 Å². The highest BCUT2D eigenvalue weighted by atomic mass is 19.1. The third kappa shape index (κ3) is 1.70. The fourth-order valence-corrected chi connectivity index (χ4v) is 1.55. The molecule has 2 aromatic rings. The second-order valence-corrected chi connectivity index (χ2v) is 3.27. The van der Waals surface area contributed by atoms with E-state index in [4.69, 9.17) is 5.73 Å². The Bertz CT molecular complexity index is 476. The molecule has 0 saturated heterocycles. The third-order valence-corrected chi connectivity index (χ3v) is 2.28. The lowest BCUT2D eigenvalue weighted by molar-refractivity contribution is 0.622. The predicted molar refractivity (Wildman–Crippen MR) is 57.7 cm³/mol. The fraction of sp³-hybridized carbons (Fsp3) is 0.182. The first-order chi connectivity index (χ1) is 7.22. The molecule has 0 aliphatic carbocycles. The Hall–Kier alpha value is -1.84. The zero-order chi connectivity index (χ0) is 10.8. The predicted octanol–water partition coefficient (Wildman–Crippen LogP) is 2.29. The molecule has 15 heavy (non-hydrogen) atoms. The van der Waals surface area contributed by atoms with E-state index in [1.54, 1.807) is 29.1 Å². The van der Waals surface area contributed by atoms with Crippen molar-refractivity contribution in [3.05, 3.63) is 36.3 Å². The van der Waals surface area contributed by atoms with Crippen LogP contribution in [0.2, 0.25) is 0 Å². The number of nitrogens with two attached hydrogens (primary N) is 1. The van der Waals surface area contributed by atoms with E-state index in [1.165, 1.54) is 6.07 Å². The number of halogens is 1. The summed E-state index contributed by atoms with van der Waals surface area (Å²) in [6.45, 7) is 2.66. The van der Waals surface area contributed by atoms with Gasteiger partial charge in [0.15, 0.2) is 0 Å². The monoisotopic (exact) mass is 205 g/mol. The van der Waals surface area contributed by atoms with Gasteiger partial charge in [-0.1, -0.05) is 0 Å². The molecule has 2 N–H and O–H groups in total. The molecule has 2 rings (SSSR count). The maximum atomic E-state index is 13.6. The highest BCUT2D eigenvalue weighted by molar-refractivity contribution is 5.64. The van der Waals surface area contributed by atoms with Crippen LogP contribution in [-0.2, 0) is 6.54 Å². The van der Waals surface area contributed by atoms with Gasteiger partial charge in [0.25, 0.3) is 0 Å². The summed E-state index contributed by atoms with van der Waals surface area (Å²) in [6, 6.07) is 6.32. The lowest BCUT2D eigenvalue weighted by atomic mass is 10.1. The molecule has 0 atom stereocenters. The van der Waals surface area contributed by atoms with Crippen LogP contribution in [-0.4, -0.2) is 9.78 Å². The number of aryl methyl sites for hydroxylation is 1. The van der Waals surface area contributed by atoms with Gasteiger partial charge in [0.1, 0.15) is 5.82 Å². The Morgan fingerprint density at radius 2 is 2.20 bits per heavy atom. The standard InChI is InChI=1S/C11H12FN3/c1-2-15-11(5-6-14-15)9-7-8(13)3-4-10(9)12/h3-7H,2,13H2,1H3. The Morgan fingerprint density at radius 1 is 1.40 bits per heavy atom. The van der Waals surface area contributed by atoms with Crippen LogP contribution in [0.25, 0.3) is 11.3 Å². The lowest BCUT2D eigenvalue weighted by Crippen LogP contribution is -2.00. The van der Waals surface area contributed by atoms with Crippen molar-refractivity contribution < 1.29 is 4.39 Å². The Kier molecular flexibility index (Phi) is 2.41. The van der Waals surface area contributed by atoms with E-state index in [-0.39, 0.29) is 5.82 Å². The molecule has 1 aromatic heterocycles. The minimum atomic E-state index is -0.278. The molecule has 0 aliphatic rings. The van der Waals surface area contributed by atoms with Crippen LogP contribution < -0.4 is 5.73 Å². The minimum absolute atomic E-state index is 0.278. The summed E-state index contributed by atoms with van der Waals surface area (Å²) >= 11 is 0. The van der Waals surface area contributed by atoms with E-state index >= 15 is 0 Å². The summed E-state index contributed by atoms with van der Waals surface area (Å²) in [5.74, 6) is -0.278. The van der Waals surface area contributed by atoms with Gasteiger partial charge in [0.2, 0.25) is 0 Å². The van der Waals surface area contributed by atoms with Gasteiger partial charge in [-0.05, 0) is 31.2 Å². The summed E-state index contributed by atoms with van der Waals surface area (Å²) in [5.41, 5.74) is 7.43. The van der Waals surface area contributed by atoms with E-state index in [9.17, 15) is 4.39 Å². The number of aromatic nitrogens is 2. The van der Waals surface area contributed by atoms with Crippen LogP contribution in [0.15, 0.2) is 30.5 Å². The summed E-state index contributed by atoms with van der Waals surface area (Å²) in [7, 11) is 0. The first-order valence-electron chi connectivity index (χ1n) is 4.79. The molecular formula is C11H12FN3. The van der Waals surface area contributed by atoms with Crippen molar-refractivity contribution in [2.24, 2.45) is 0 Å². The lowest BCUT2D eigenvalue weighted by Gasteiger charge is -2.06. The van der Waals surface area contributed by atoms with Crippen molar-refractivity contribution in [3.8, 4) is 11.3 Å². The van der Waals surface area contributed by atoms with Crippen molar-refractivity contribution in [2.45, 2.75) is 13.5 Å². The van der Waals surface area contributed by atoms with Gasteiger partial charge in [-0.15, -0.1) is 0 Å². The summed E-state index contributed by atoms with van der Waals surface area (Å²) < 4.78 is 15.3. The molecular weight excluding hydrogens is 193 g/mol. The van der Waals surface area contributed by atoms with Crippen molar-refractivity contribution >= 4 is 5.69 Å². The molecule has 4 heteroatoms. The maximum Gasteiger partial charge on any atom is 0.132 e. The van der Waals surface area contributed by atoms with Crippen LogP contribution in [0, 0.1) is 5.82 Å². The molecule has 0 fully saturated rings. The largest absolute Gasteiger partial charge is 0.399 e. The third-order valence-electron chi connectivity index (χ3n) is 2.28. The van der Waals surface area contributed by atoms with Gasteiger partial charge in [0.05, 0.1) is 5.69 Å². The molecule has 0 aliphatic heterocycles. The second-order valence-electron chi connectivity index (χ2n) is 3.27. The van der Waals surface area contributed by atoms with Gasteiger partial charge >= 0.3 is 0 Å². The second kappa shape index (κ2) is 3.73. The fourth-order valence-electron chi connectivity index (χ4n) is 1.55. The first kappa shape index (κ1) is 9.71. The van der Waals surface area contributed by atoms with Crippen LogP contribution in [0.4, 0.5) is 10.1 Å². The van der Waals surface area contributed by atoms with Crippen molar-refractivity contribution in [1.29, 1.82) is 0 Å². The Balaban J connectivity index is 2.58. The minimum Gasteiger partial charge on any atom is -0.399 e. The van der Waals surface area contributed by atoms with Gasteiger partial charge in [0, 0.05) is 24.0 Å². The van der Waals surface area contributed by atoms with E-state index < -0.39 is 0 Å². The highest BCUT2D eigenvalue weighted by Crippen LogP contribution is 2.24. The van der Waals surface area contributed by atoms with Crippen LogP contribution in [0.1, 0.15) is 6.92 Å². The molecule has 0 unspecified atom stereocenters. The number of anilines is 1. The molecule has 1 aromatic carbocycles. The zero-order valence-electron chi connectivity index (χ0n) is 8.44. The number of nitrogens with zero attached hydrogens (tertiary/aromatic N) is 2. The maximum absolute atomic E-state index is 13.6. The Labute approximate surface area is 87.3 Å². The Morgan fingerprint density at radius 3 is 2.93 bits per heavy atom. The summed E-state index contributed by atoms with van der Waals surface area (Å²) in [5, 5.41) is 4.09. The van der Waals surface area contributed by atoms with E-state index in [1.807, 2.05) is 6.92 Å². The summed E-state index contributed by atoms with van der Waals surface area (Å²) in [6.07, 6.45) is 1.65. The molecule has 0 saturated carbocycles. The average molecular weight is 205 g/mol. The topological polar surface area (TPSA) is 43.8 Å². The van der Waals surface area contributed by atoms with Gasteiger partial charge in [-0.2, -0.15) is 5.10 Å².